The van der Waals surface area contributed by atoms with Crippen LogP contribution in [0.3, 0.4) is 0 Å². The normalized spacial score (nSPS) is 12.8. The van der Waals surface area contributed by atoms with Gasteiger partial charge in [0.05, 0.1) is 12.8 Å². The second-order valence-corrected chi connectivity index (χ2v) is 5.11. The van der Waals surface area contributed by atoms with E-state index < -0.39 is 0 Å². The van der Waals surface area contributed by atoms with Crippen LogP contribution in [0.25, 0.3) is 0 Å². The summed E-state index contributed by atoms with van der Waals surface area (Å²) < 4.78 is 5.36. The molecule has 0 fully saturated rings. The summed E-state index contributed by atoms with van der Waals surface area (Å²) in [7, 11) is 4.21. The average molecular weight is 258 g/mol. The van der Waals surface area contributed by atoms with E-state index in [2.05, 4.69) is 54.6 Å². The van der Waals surface area contributed by atoms with E-state index in [1.54, 1.807) is 6.26 Å². The van der Waals surface area contributed by atoms with E-state index >= 15 is 0 Å². The van der Waals surface area contributed by atoms with Gasteiger partial charge in [0.2, 0.25) is 0 Å². The highest BCUT2D eigenvalue weighted by Gasteiger charge is 2.11. The molecule has 3 heteroatoms. The summed E-state index contributed by atoms with van der Waals surface area (Å²) in [6.07, 6.45) is 2.74. The van der Waals surface area contributed by atoms with Crippen molar-refractivity contribution in [2.75, 3.05) is 20.6 Å². The number of nitrogens with zero attached hydrogens (tertiary/aromatic N) is 1. The SMILES string of the molecule is CN(C)CC(Cc1ccccc1)NCc1ccco1. The van der Waals surface area contributed by atoms with Crippen molar-refractivity contribution in [2.45, 2.75) is 19.0 Å². The zero-order valence-corrected chi connectivity index (χ0v) is 11.7. The first-order chi connectivity index (χ1) is 9.24. The van der Waals surface area contributed by atoms with Crippen molar-refractivity contribution >= 4 is 0 Å². The maximum absolute atomic E-state index is 5.36. The molecule has 0 aliphatic carbocycles. The topological polar surface area (TPSA) is 28.4 Å². The number of furan rings is 1. The van der Waals surface area contributed by atoms with Crippen LogP contribution in [-0.2, 0) is 13.0 Å². The Morgan fingerprint density at radius 2 is 1.89 bits per heavy atom. The van der Waals surface area contributed by atoms with Crippen LogP contribution in [-0.4, -0.2) is 31.6 Å². The van der Waals surface area contributed by atoms with Crippen molar-refractivity contribution in [3.8, 4) is 0 Å². The highest BCUT2D eigenvalue weighted by molar-refractivity contribution is 5.16. The van der Waals surface area contributed by atoms with Crippen molar-refractivity contribution in [2.24, 2.45) is 0 Å². The standard InChI is InChI=1S/C16H22N2O/c1-18(2)13-15(11-14-7-4-3-5-8-14)17-12-16-9-6-10-19-16/h3-10,15,17H,11-13H2,1-2H3. The van der Waals surface area contributed by atoms with Gasteiger partial charge in [-0.3, -0.25) is 0 Å². The molecule has 1 atom stereocenters. The Bertz CT molecular complexity index is 451. The molecule has 0 amide bonds. The maximum Gasteiger partial charge on any atom is 0.117 e. The quantitative estimate of drug-likeness (QED) is 0.827. The Kier molecular flexibility index (Phi) is 5.19. The molecule has 0 aliphatic heterocycles. The van der Waals surface area contributed by atoms with Gasteiger partial charge in [-0.25, -0.2) is 0 Å². The number of rotatable bonds is 7. The van der Waals surface area contributed by atoms with E-state index in [1.807, 2.05) is 12.1 Å². The van der Waals surface area contributed by atoms with Crippen LogP contribution in [0, 0.1) is 0 Å². The van der Waals surface area contributed by atoms with E-state index in [-0.39, 0.29) is 0 Å². The number of hydrogen-bond acceptors (Lipinski definition) is 3. The molecule has 1 heterocycles. The molecule has 3 nitrogen and oxygen atoms in total. The van der Waals surface area contributed by atoms with Crippen molar-refractivity contribution in [3.05, 3.63) is 60.1 Å². The lowest BCUT2D eigenvalue weighted by atomic mass is 10.1. The molecule has 0 saturated carbocycles. The van der Waals surface area contributed by atoms with E-state index in [9.17, 15) is 0 Å². The van der Waals surface area contributed by atoms with E-state index in [4.69, 9.17) is 4.42 Å². The summed E-state index contributed by atoms with van der Waals surface area (Å²) in [5.74, 6) is 0.983. The van der Waals surface area contributed by atoms with Gasteiger partial charge in [-0.15, -0.1) is 0 Å². The Hall–Kier alpha value is -1.58. The van der Waals surface area contributed by atoms with E-state index in [0.29, 0.717) is 6.04 Å². The molecule has 1 N–H and O–H groups in total. The van der Waals surface area contributed by atoms with E-state index in [0.717, 1.165) is 25.3 Å². The van der Waals surface area contributed by atoms with Gasteiger partial charge in [0.1, 0.15) is 5.76 Å². The molecule has 0 radical (unpaired) electrons. The van der Waals surface area contributed by atoms with Gasteiger partial charge in [0, 0.05) is 12.6 Å². The molecule has 0 spiro atoms. The third-order valence-electron chi connectivity index (χ3n) is 3.06. The highest BCUT2D eigenvalue weighted by atomic mass is 16.3. The highest BCUT2D eigenvalue weighted by Crippen LogP contribution is 2.06. The fourth-order valence-electron chi connectivity index (χ4n) is 2.20. The molecule has 1 aromatic heterocycles. The van der Waals surface area contributed by atoms with Gasteiger partial charge in [0.25, 0.3) is 0 Å². The van der Waals surface area contributed by atoms with Crippen molar-refractivity contribution in [3.63, 3.8) is 0 Å². The van der Waals surface area contributed by atoms with Gasteiger partial charge < -0.3 is 14.6 Å². The molecule has 0 saturated heterocycles. The van der Waals surface area contributed by atoms with Crippen LogP contribution in [0.1, 0.15) is 11.3 Å². The fourth-order valence-corrected chi connectivity index (χ4v) is 2.20. The molecule has 0 aliphatic rings. The van der Waals surface area contributed by atoms with Crippen LogP contribution in [0.2, 0.25) is 0 Å². The second-order valence-electron chi connectivity index (χ2n) is 5.11. The number of likely N-dealkylation sites (N-methyl/N-ethyl adjacent to an activating group) is 1. The predicted molar refractivity (Wildman–Crippen MR) is 78.0 cm³/mol. The van der Waals surface area contributed by atoms with Gasteiger partial charge in [0.15, 0.2) is 0 Å². The predicted octanol–water partition coefficient (Wildman–Crippen LogP) is 2.54. The third-order valence-corrected chi connectivity index (χ3v) is 3.06. The van der Waals surface area contributed by atoms with Gasteiger partial charge >= 0.3 is 0 Å². The van der Waals surface area contributed by atoms with Gasteiger partial charge in [-0.2, -0.15) is 0 Å². The third kappa shape index (κ3) is 4.89. The lowest BCUT2D eigenvalue weighted by molar-refractivity contribution is 0.327. The zero-order valence-electron chi connectivity index (χ0n) is 11.7. The van der Waals surface area contributed by atoms with Crippen LogP contribution in [0.15, 0.2) is 53.1 Å². The van der Waals surface area contributed by atoms with Crippen molar-refractivity contribution in [1.29, 1.82) is 0 Å². The monoisotopic (exact) mass is 258 g/mol. The summed E-state index contributed by atoms with van der Waals surface area (Å²) in [4.78, 5) is 2.21. The summed E-state index contributed by atoms with van der Waals surface area (Å²) in [6, 6.07) is 14.9. The first kappa shape index (κ1) is 13.8. The zero-order chi connectivity index (χ0) is 13.5. The Morgan fingerprint density at radius 1 is 1.11 bits per heavy atom. The minimum Gasteiger partial charge on any atom is -0.468 e. The van der Waals surface area contributed by atoms with Crippen molar-refractivity contribution in [1.82, 2.24) is 10.2 Å². The maximum atomic E-state index is 5.36. The molecule has 102 valence electrons. The minimum absolute atomic E-state index is 0.419. The summed E-state index contributed by atoms with van der Waals surface area (Å²) in [5, 5.41) is 3.57. The molecule has 19 heavy (non-hydrogen) atoms. The molecule has 2 rings (SSSR count). The Labute approximate surface area is 115 Å². The first-order valence-electron chi connectivity index (χ1n) is 6.68. The molecule has 2 aromatic rings. The Balaban J connectivity index is 1.91. The molecule has 1 unspecified atom stereocenters. The first-order valence-corrected chi connectivity index (χ1v) is 6.68. The smallest absolute Gasteiger partial charge is 0.117 e. The van der Waals surface area contributed by atoms with Crippen LogP contribution >= 0.6 is 0 Å². The molecule has 0 bridgehead atoms. The molecule has 1 aromatic carbocycles. The van der Waals surface area contributed by atoms with Crippen LogP contribution < -0.4 is 5.32 Å². The minimum atomic E-state index is 0.419. The number of hydrogen-bond donors (Lipinski definition) is 1. The average Bonchev–Trinajstić information content (AvgIpc) is 2.90. The lowest BCUT2D eigenvalue weighted by Crippen LogP contribution is -2.39. The fraction of sp³-hybridized carbons (Fsp3) is 0.375. The van der Waals surface area contributed by atoms with Crippen molar-refractivity contribution < 1.29 is 4.42 Å². The summed E-state index contributed by atoms with van der Waals surface area (Å²) >= 11 is 0. The molecular weight excluding hydrogens is 236 g/mol. The lowest BCUT2D eigenvalue weighted by Gasteiger charge is -2.22. The number of benzene rings is 1. The van der Waals surface area contributed by atoms with Crippen LogP contribution in [0.5, 0.6) is 0 Å². The van der Waals surface area contributed by atoms with Gasteiger partial charge in [-0.1, -0.05) is 30.3 Å². The Morgan fingerprint density at radius 3 is 2.53 bits per heavy atom. The van der Waals surface area contributed by atoms with Gasteiger partial charge in [-0.05, 0) is 38.2 Å². The summed E-state index contributed by atoms with van der Waals surface area (Å²) in [5.41, 5.74) is 1.36. The van der Waals surface area contributed by atoms with Crippen LogP contribution in [0.4, 0.5) is 0 Å². The largest absolute Gasteiger partial charge is 0.468 e. The molecular formula is C16H22N2O. The van der Waals surface area contributed by atoms with E-state index in [1.165, 1.54) is 5.56 Å². The summed E-state index contributed by atoms with van der Waals surface area (Å²) in [6.45, 7) is 1.79. The number of nitrogens with one attached hydrogen (secondary N) is 1. The second kappa shape index (κ2) is 7.12.